The van der Waals surface area contributed by atoms with Crippen LogP contribution in [0.15, 0.2) is 48.1 Å². The number of ketones is 2. The van der Waals surface area contributed by atoms with Gasteiger partial charge in [0.2, 0.25) is 29.4 Å². The number of allylic oxidation sites excluding steroid dienone is 4. The van der Waals surface area contributed by atoms with Crippen molar-refractivity contribution in [3.63, 3.8) is 0 Å². The van der Waals surface area contributed by atoms with Crippen molar-refractivity contribution in [2.24, 2.45) is 58.0 Å². The highest BCUT2D eigenvalue weighted by molar-refractivity contribution is 6.02. The first-order valence-electron chi connectivity index (χ1n) is 37.1. The summed E-state index contributed by atoms with van der Waals surface area (Å²) in [5.41, 5.74) is -1.51. The number of ether oxygens (including phenoxy) is 9. The monoisotopic (exact) mass is 1490 g/mol. The summed E-state index contributed by atoms with van der Waals surface area (Å²) < 4.78 is 85.8. The van der Waals surface area contributed by atoms with Crippen LogP contribution in [-0.2, 0) is 82.8 Å². The van der Waals surface area contributed by atoms with E-state index >= 15 is 8.78 Å². The second kappa shape index (κ2) is 38.9. The summed E-state index contributed by atoms with van der Waals surface area (Å²) in [4.78, 5) is 132. The predicted octanol–water partition coefficient (Wildman–Crippen LogP) is 4.76. The largest absolute Gasteiger partial charge is 0.456 e. The van der Waals surface area contributed by atoms with Crippen molar-refractivity contribution < 1.29 is 110 Å². The van der Waals surface area contributed by atoms with Gasteiger partial charge in [0.25, 0.3) is 0 Å². The number of carbonyl (C=O) groups is 10. The number of aliphatic hydroxyl groups excluding tert-OH is 2. The van der Waals surface area contributed by atoms with Crippen LogP contribution in [0.1, 0.15) is 138 Å². The molecule has 0 aromatic heterocycles. The zero-order valence-corrected chi connectivity index (χ0v) is 61.8. The molecule has 17 atom stereocenters. The molecular formula is C75H108F2N8O21. The van der Waals surface area contributed by atoms with Crippen molar-refractivity contribution in [3.05, 3.63) is 53.6 Å². The molecule has 0 bridgehead atoms. The zero-order chi connectivity index (χ0) is 76.9. The Morgan fingerprint density at radius 3 is 2.04 bits per heavy atom. The quantitative estimate of drug-likeness (QED) is 0.0183. The molecule has 6 aliphatic carbocycles. The predicted molar refractivity (Wildman–Crippen MR) is 377 cm³/mol. The van der Waals surface area contributed by atoms with E-state index in [1.54, 1.807) is 34.6 Å². The highest BCUT2D eigenvalue weighted by atomic mass is 19.1. The average Bonchev–Trinajstić information content (AvgIpc) is 1.34. The van der Waals surface area contributed by atoms with Gasteiger partial charge in [0, 0.05) is 54.8 Å². The van der Waals surface area contributed by atoms with Gasteiger partial charge in [0.05, 0.1) is 78.3 Å². The van der Waals surface area contributed by atoms with E-state index in [9.17, 15) is 58.2 Å². The van der Waals surface area contributed by atoms with Gasteiger partial charge in [-0.1, -0.05) is 66.2 Å². The number of urea groups is 1. The smallest absolute Gasteiger partial charge is 0.408 e. The van der Waals surface area contributed by atoms with Crippen molar-refractivity contribution in [1.29, 1.82) is 0 Å². The number of amides is 8. The average molecular weight is 1500 g/mol. The molecule has 7 aliphatic rings. The molecule has 5 fully saturated rings. The highest BCUT2D eigenvalue weighted by Crippen LogP contribution is 2.72. The molecule has 0 spiro atoms. The van der Waals surface area contributed by atoms with Gasteiger partial charge in [-0.05, 0) is 136 Å². The minimum absolute atomic E-state index is 0.0195. The van der Waals surface area contributed by atoms with E-state index in [-0.39, 0.29) is 95.1 Å². The fourth-order valence-corrected chi connectivity index (χ4v) is 16.1. The number of nitrogens with one attached hydrogen (secondary N) is 7. The Bertz CT molecular complexity index is 3350. The van der Waals surface area contributed by atoms with Crippen LogP contribution >= 0.6 is 0 Å². The van der Waals surface area contributed by atoms with Gasteiger partial charge >= 0.3 is 24.2 Å². The second-order valence-corrected chi connectivity index (χ2v) is 29.6. The fourth-order valence-electron chi connectivity index (χ4n) is 16.1. The summed E-state index contributed by atoms with van der Waals surface area (Å²) in [5.74, 6) is 0.363. The maximum Gasteiger partial charge on any atom is 0.408 e. The summed E-state index contributed by atoms with van der Waals surface area (Å²) in [6.07, 6.45) is 1.06. The molecule has 106 heavy (non-hydrogen) atoms. The topological polar surface area (TPSA) is 404 Å². The minimum atomic E-state index is -2.45. The summed E-state index contributed by atoms with van der Waals surface area (Å²) in [6, 6.07) is -0.0313. The van der Waals surface area contributed by atoms with Crippen LogP contribution in [0.4, 0.5) is 28.9 Å². The third-order valence-electron chi connectivity index (χ3n) is 21.6. The summed E-state index contributed by atoms with van der Waals surface area (Å²) in [6.45, 7) is 12.7. The molecule has 0 radical (unpaired) electrons. The van der Waals surface area contributed by atoms with Crippen molar-refractivity contribution in [2.75, 3.05) is 91.1 Å². The summed E-state index contributed by atoms with van der Waals surface area (Å²) in [7, 11) is 0. The van der Waals surface area contributed by atoms with Crippen molar-refractivity contribution in [2.45, 2.75) is 199 Å². The van der Waals surface area contributed by atoms with E-state index in [1.807, 2.05) is 6.92 Å². The van der Waals surface area contributed by atoms with Crippen molar-refractivity contribution in [1.82, 2.24) is 31.9 Å². The number of anilines is 1. The number of esters is 1. The van der Waals surface area contributed by atoms with Crippen LogP contribution in [-0.4, -0.2) is 215 Å². The minimum Gasteiger partial charge on any atom is -0.456 e. The Hall–Kier alpha value is -7.70. The number of halogens is 2. The lowest BCUT2D eigenvalue weighted by Crippen LogP contribution is -2.71. The Kier molecular flexibility index (Phi) is 30.8. The Morgan fingerprint density at radius 1 is 0.755 bits per heavy atom. The molecule has 1 saturated heterocycles. The van der Waals surface area contributed by atoms with E-state index < -0.39 is 161 Å². The van der Waals surface area contributed by atoms with Gasteiger partial charge in [-0.3, -0.25) is 28.8 Å². The zero-order valence-electron chi connectivity index (χ0n) is 61.8. The third kappa shape index (κ3) is 21.0. The number of nitrogens with two attached hydrogens (primary N) is 1. The van der Waals surface area contributed by atoms with E-state index in [2.05, 4.69) is 49.1 Å². The van der Waals surface area contributed by atoms with Crippen LogP contribution in [0.3, 0.4) is 0 Å². The highest BCUT2D eigenvalue weighted by Gasteiger charge is 2.80. The fraction of sp³-hybridized carbons (Fsp3) is 0.707. The number of rotatable bonds is 41. The number of alkyl carbamates (subject to hydrolysis) is 2. The Morgan fingerprint density at radius 2 is 1.41 bits per heavy atom. The molecule has 11 N–H and O–H groups in total. The molecule has 29 nitrogen and oxygen atoms in total. The van der Waals surface area contributed by atoms with E-state index in [0.717, 1.165) is 31.8 Å². The number of fused-ring (bicyclic) bond motifs is 8. The number of hydrogen-bond donors (Lipinski definition) is 10. The normalized spacial score (nSPS) is 28.4. The number of primary amides is 1. The van der Waals surface area contributed by atoms with E-state index in [1.165, 1.54) is 43.3 Å². The number of hydrogen-bond acceptors (Lipinski definition) is 21. The van der Waals surface area contributed by atoms with Gasteiger partial charge in [-0.2, -0.15) is 0 Å². The SMILES string of the molecule is CCCC1O[C@@H]2CC3[C@@H]4C[C@H](F)C5=CC(=O)C=C[C@]5(C)[C@@]4(F)[C@@H](O)C[C@]3(C)[C@]2(C(=O)COC(=O)[C@H](CC(C)C)NC(=O)[C@H](CO)NC(=O)OCc2ccc(NC(=O)[C@H](CCCNC(N)=O)NC(=O)[C@@H](NC(=O)CCOCCOCCOCCOCCNC(=O)OCC3[C@H]4CCC#CCC[C@@H]34)C(C)C)cc2)O1. The number of Topliss-reactive ketones (excluding diaryl/α,β-unsaturated/α-hetero) is 1. The molecule has 1 aromatic carbocycles. The molecule has 1 aliphatic heterocycles. The van der Waals surface area contributed by atoms with E-state index in [0.29, 0.717) is 82.3 Å². The first kappa shape index (κ1) is 83.9. The third-order valence-corrected chi connectivity index (χ3v) is 21.6. The molecule has 4 saturated carbocycles. The van der Waals surface area contributed by atoms with Gasteiger partial charge in [-0.15, -0.1) is 11.8 Å². The Balaban J connectivity index is 0.736. The molecule has 588 valence electrons. The molecule has 31 heteroatoms. The molecule has 3 unspecified atom stereocenters. The van der Waals surface area contributed by atoms with E-state index in [4.69, 9.17) is 48.4 Å². The second-order valence-electron chi connectivity index (χ2n) is 29.6. The lowest BCUT2D eigenvalue weighted by atomic mass is 9.44. The lowest BCUT2D eigenvalue weighted by Gasteiger charge is -2.63. The number of carbonyl (C=O) groups excluding carboxylic acids is 10. The summed E-state index contributed by atoms with van der Waals surface area (Å²) in [5, 5.41) is 40.4. The van der Waals surface area contributed by atoms with Gasteiger partial charge in [0.15, 0.2) is 29.9 Å². The van der Waals surface area contributed by atoms with Crippen molar-refractivity contribution in [3.8, 4) is 11.8 Å². The van der Waals surface area contributed by atoms with Crippen LogP contribution in [0, 0.1) is 64.1 Å². The van der Waals surface area contributed by atoms with Crippen LogP contribution in [0.2, 0.25) is 0 Å². The molecule has 8 rings (SSSR count). The van der Waals surface area contributed by atoms with Crippen LogP contribution in [0.25, 0.3) is 0 Å². The molecular weight excluding hydrogens is 1390 g/mol. The van der Waals surface area contributed by atoms with Gasteiger partial charge in [-0.25, -0.2) is 28.0 Å². The van der Waals surface area contributed by atoms with Gasteiger partial charge in [0.1, 0.15) is 36.9 Å². The summed E-state index contributed by atoms with van der Waals surface area (Å²) >= 11 is 0. The number of aliphatic hydroxyl groups is 2. The maximum absolute atomic E-state index is 18.1. The first-order chi connectivity index (χ1) is 50.6. The molecule has 1 aromatic rings. The first-order valence-corrected chi connectivity index (χ1v) is 37.1. The maximum atomic E-state index is 18.1. The Labute approximate surface area is 617 Å². The van der Waals surface area contributed by atoms with Crippen molar-refractivity contribution >= 4 is 65.1 Å². The van der Waals surface area contributed by atoms with Crippen LogP contribution in [0.5, 0.6) is 0 Å². The van der Waals surface area contributed by atoms with Crippen LogP contribution < -0.4 is 43.0 Å². The lowest BCUT2D eigenvalue weighted by molar-refractivity contribution is -0.235. The molecule has 8 amide bonds. The number of alkyl halides is 2. The number of benzene rings is 1. The van der Waals surface area contributed by atoms with Gasteiger partial charge < -0.3 is 95.8 Å². The molecule has 1 heterocycles. The standard InChI is InChI=1S/C75H108F2N8O21/c1-8-14-63-105-61-38-52-53-37-55(76)54-36-48(87)22-24-72(54,6)74(53,77)59(88)39-73(52,7)75(61,106-63)60(89)43-102-68(94)57(35-44(2)3)83-66(92)58(40-86)84-71(97)103-41-46-18-20-47(21-19-46)81-65(91)56(17-13-25-79-69(78)95)82-67(93)64(45(4)5)85-62(90)23-27-98-29-31-100-33-34-101-32-30-99-28-26-80-70(96)104-42-51-49-15-11-9-10-12-16-50(49)51/h18-22,24,36,44-45,49-53,55-59,61,63-64,86,88H,8,11-17,23,25-35,37-43H2,1-7H3,(H,80,96)(H,81,91)(H,82,93)(H,83,92)(H,84,97)(H,85,90)(H3,78,79,95)/t49-,50+,51?,52?,53-,55-,56-,57-,58-,59-,61+,63?,64-,72-,73-,74-,75+/m0/s1.